The van der Waals surface area contributed by atoms with E-state index in [1.165, 1.54) is 10.9 Å². The monoisotopic (exact) mass is 262 g/mol. The molecule has 0 saturated carbocycles. The Morgan fingerprint density at radius 2 is 2.18 bits per heavy atom. The van der Waals surface area contributed by atoms with Gasteiger partial charge in [-0.3, -0.25) is 0 Å². The molecule has 96 valence electrons. The normalized spacial score (nSPS) is 38.2. The SMILES string of the molecule is Nc1cn([C@@H]2C(O)[C@@H](S)OC(CO)[C@@H]2O)nn1. The second kappa shape index (κ2) is 4.78. The van der Waals surface area contributed by atoms with Gasteiger partial charge in [-0.05, 0) is 0 Å². The summed E-state index contributed by atoms with van der Waals surface area (Å²) in [6.45, 7) is -0.383. The van der Waals surface area contributed by atoms with Gasteiger partial charge < -0.3 is 25.8 Å². The molecule has 5 N–H and O–H groups in total. The minimum absolute atomic E-state index is 0.173. The Hall–Kier alpha value is -0.870. The van der Waals surface area contributed by atoms with Gasteiger partial charge in [0.2, 0.25) is 0 Å². The fraction of sp³-hybridized carbons (Fsp3) is 0.750. The summed E-state index contributed by atoms with van der Waals surface area (Å²) in [5.74, 6) is 0.173. The quantitative estimate of drug-likeness (QED) is 0.382. The lowest BCUT2D eigenvalue weighted by Crippen LogP contribution is -2.54. The lowest BCUT2D eigenvalue weighted by molar-refractivity contribution is -0.178. The van der Waals surface area contributed by atoms with Crippen LogP contribution in [-0.2, 0) is 4.74 Å². The zero-order valence-corrected chi connectivity index (χ0v) is 9.68. The summed E-state index contributed by atoms with van der Waals surface area (Å²) in [6.07, 6.45) is -1.66. The molecule has 9 heteroatoms. The number of hydrogen-bond donors (Lipinski definition) is 5. The van der Waals surface area contributed by atoms with Crippen molar-refractivity contribution in [2.45, 2.75) is 29.8 Å². The van der Waals surface area contributed by atoms with Gasteiger partial charge in [0.15, 0.2) is 5.82 Å². The average Bonchev–Trinajstić information content (AvgIpc) is 2.70. The first-order valence-electron chi connectivity index (χ1n) is 5.02. The highest BCUT2D eigenvalue weighted by Gasteiger charge is 2.44. The van der Waals surface area contributed by atoms with Gasteiger partial charge in [-0.1, -0.05) is 5.21 Å². The molecule has 2 unspecified atom stereocenters. The minimum Gasteiger partial charge on any atom is -0.394 e. The van der Waals surface area contributed by atoms with E-state index >= 15 is 0 Å². The van der Waals surface area contributed by atoms with E-state index in [2.05, 4.69) is 22.9 Å². The molecule has 8 nitrogen and oxygen atoms in total. The van der Waals surface area contributed by atoms with Crippen molar-refractivity contribution in [3.05, 3.63) is 6.20 Å². The van der Waals surface area contributed by atoms with Crippen LogP contribution in [0.3, 0.4) is 0 Å². The van der Waals surface area contributed by atoms with Crippen molar-refractivity contribution in [2.24, 2.45) is 0 Å². The van der Waals surface area contributed by atoms with Gasteiger partial charge in [0, 0.05) is 0 Å². The predicted molar refractivity (Wildman–Crippen MR) is 60.2 cm³/mol. The Labute approximate surface area is 102 Å². The van der Waals surface area contributed by atoms with Gasteiger partial charge in [-0.25, -0.2) is 4.68 Å². The number of thiol groups is 1. The number of aliphatic hydroxyl groups is 3. The van der Waals surface area contributed by atoms with E-state index in [-0.39, 0.29) is 12.4 Å². The molecule has 0 aliphatic carbocycles. The second-order valence-corrected chi connectivity index (χ2v) is 4.35. The third-order valence-electron chi connectivity index (χ3n) is 2.70. The van der Waals surface area contributed by atoms with E-state index in [0.717, 1.165) is 0 Å². The molecule has 5 atom stereocenters. The standard InChI is InChI=1S/C8H14N4O4S/c9-4-1-12(11-10-4)5-6(14)3(2-13)16-8(17)7(5)15/h1,3,5-8,13-15,17H,2,9H2/t3?,5-,6-,7?,8+/m0/s1. The Bertz CT molecular complexity index is 389. The number of hydrogen-bond acceptors (Lipinski definition) is 8. The molecule has 2 heterocycles. The predicted octanol–water partition coefficient (Wildman–Crippen LogP) is -2.23. The molecule has 1 aliphatic heterocycles. The van der Waals surface area contributed by atoms with Crippen molar-refractivity contribution in [2.75, 3.05) is 12.3 Å². The molecule has 1 aromatic rings. The number of rotatable bonds is 2. The molecule has 0 bridgehead atoms. The second-order valence-electron chi connectivity index (χ2n) is 3.84. The summed E-state index contributed by atoms with van der Waals surface area (Å²) in [6, 6.07) is -0.812. The smallest absolute Gasteiger partial charge is 0.165 e. The van der Waals surface area contributed by atoms with Crippen molar-refractivity contribution < 1.29 is 20.1 Å². The van der Waals surface area contributed by atoms with E-state index in [4.69, 9.17) is 15.6 Å². The van der Waals surface area contributed by atoms with Crippen LogP contribution in [0.4, 0.5) is 5.82 Å². The topological polar surface area (TPSA) is 127 Å². The maximum absolute atomic E-state index is 9.97. The van der Waals surface area contributed by atoms with Gasteiger partial charge in [-0.15, -0.1) is 17.7 Å². The fourth-order valence-corrected chi connectivity index (χ4v) is 2.16. The maximum atomic E-state index is 9.97. The Balaban J connectivity index is 2.28. The van der Waals surface area contributed by atoms with Crippen LogP contribution in [0.1, 0.15) is 6.04 Å². The molecule has 1 aromatic heterocycles. The van der Waals surface area contributed by atoms with Crippen molar-refractivity contribution in [3.63, 3.8) is 0 Å². The summed E-state index contributed by atoms with van der Waals surface area (Å²) in [7, 11) is 0. The first-order valence-corrected chi connectivity index (χ1v) is 5.54. The van der Waals surface area contributed by atoms with Crippen LogP contribution >= 0.6 is 12.6 Å². The van der Waals surface area contributed by atoms with Gasteiger partial charge >= 0.3 is 0 Å². The Kier molecular flexibility index (Phi) is 3.54. The maximum Gasteiger partial charge on any atom is 0.165 e. The molecule has 2 rings (SSSR count). The van der Waals surface area contributed by atoms with Crippen LogP contribution < -0.4 is 5.73 Å². The molecule has 0 radical (unpaired) electrons. The third kappa shape index (κ3) is 2.24. The van der Waals surface area contributed by atoms with Gasteiger partial charge in [0.05, 0.1) is 12.8 Å². The van der Waals surface area contributed by atoms with Crippen LogP contribution in [0.2, 0.25) is 0 Å². The molecule has 0 aromatic carbocycles. The van der Waals surface area contributed by atoms with Crippen LogP contribution in [0.25, 0.3) is 0 Å². The number of nitrogens with zero attached hydrogens (tertiary/aromatic N) is 3. The lowest BCUT2D eigenvalue weighted by Gasteiger charge is -2.40. The highest BCUT2D eigenvalue weighted by molar-refractivity contribution is 7.80. The summed E-state index contributed by atoms with van der Waals surface area (Å²) in [4.78, 5) is 0. The molecule has 1 aliphatic rings. The molecular weight excluding hydrogens is 248 g/mol. The fourth-order valence-electron chi connectivity index (χ4n) is 1.83. The van der Waals surface area contributed by atoms with Gasteiger partial charge in [0.25, 0.3) is 0 Å². The number of anilines is 1. The van der Waals surface area contributed by atoms with Crippen LogP contribution in [0, 0.1) is 0 Å². The summed E-state index contributed by atoms with van der Waals surface area (Å²) >= 11 is 4.04. The number of aromatic nitrogens is 3. The summed E-state index contributed by atoms with van der Waals surface area (Å²) in [5.41, 5.74) is 4.59. The van der Waals surface area contributed by atoms with Crippen LogP contribution in [-0.4, -0.2) is 60.7 Å². The average molecular weight is 262 g/mol. The van der Waals surface area contributed by atoms with E-state index in [9.17, 15) is 10.2 Å². The largest absolute Gasteiger partial charge is 0.394 e. The van der Waals surface area contributed by atoms with E-state index in [0.29, 0.717) is 0 Å². The number of nitrogen functional groups attached to an aromatic ring is 1. The highest BCUT2D eigenvalue weighted by atomic mass is 32.1. The van der Waals surface area contributed by atoms with Crippen LogP contribution in [0.5, 0.6) is 0 Å². The Morgan fingerprint density at radius 1 is 1.47 bits per heavy atom. The molecule has 1 saturated heterocycles. The Morgan fingerprint density at radius 3 is 2.71 bits per heavy atom. The molecular formula is C8H14N4O4S. The third-order valence-corrected chi connectivity index (χ3v) is 3.13. The van der Waals surface area contributed by atoms with Gasteiger partial charge in [-0.2, -0.15) is 0 Å². The first kappa shape index (κ1) is 12.6. The van der Waals surface area contributed by atoms with Crippen molar-refractivity contribution in [1.82, 2.24) is 15.0 Å². The highest BCUT2D eigenvalue weighted by Crippen LogP contribution is 2.31. The van der Waals surface area contributed by atoms with Crippen molar-refractivity contribution in [3.8, 4) is 0 Å². The van der Waals surface area contributed by atoms with Crippen LogP contribution in [0.15, 0.2) is 6.20 Å². The number of aliphatic hydroxyl groups excluding tert-OH is 3. The number of nitrogens with two attached hydrogens (primary N) is 1. The van der Waals surface area contributed by atoms with Crippen molar-refractivity contribution >= 4 is 18.4 Å². The molecule has 1 fully saturated rings. The first-order chi connectivity index (χ1) is 8.04. The lowest BCUT2D eigenvalue weighted by atomic mass is 9.97. The summed E-state index contributed by atoms with van der Waals surface area (Å²) in [5, 5.41) is 36.2. The van der Waals surface area contributed by atoms with E-state index in [1.54, 1.807) is 0 Å². The molecule has 0 amide bonds. The zero-order valence-electron chi connectivity index (χ0n) is 8.79. The van der Waals surface area contributed by atoms with E-state index < -0.39 is 29.8 Å². The van der Waals surface area contributed by atoms with E-state index in [1.807, 2.05) is 0 Å². The molecule has 0 spiro atoms. The van der Waals surface area contributed by atoms with Crippen molar-refractivity contribution in [1.29, 1.82) is 0 Å². The van der Waals surface area contributed by atoms with Gasteiger partial charge in [0.1, 0.15) is 29.8 Å². The number of ether oxygens (including phenoxy) is 1. The summed E-state index contributed by atoms with van der Waals surface area (Å²) < 4.78 is 6.39. The minimum atomic E-state index is -1.13. The molecule has 17 heavy (non-hydrogen) atoms. The zero-order chi connectivity index (χ0) is 12.6.